The lowest BCUT2D eigenvalue weighted by Crippen LogP contribution is -2.30. The van der Waals surface area contributed by atoms with Gasteiger partial charge in [0.15, 0.2) is 17.2 Å². The van der Waals surface area contributed by atoms with Crippen molar-refractivity contribution in [3.63, 3.8) is 0 Å². The zero-order valence-corrected chi connectivity index (χ0v) is 17.6. The quantitative estimate of drug-likeness (QED) is 0.457. The first-order valence-electron chi connectivity index (χ1n) is 9.74. The summed E-state index contributed by atoms with van der Waals surface area (Å²) in [5.74, 6) is -1.88. The minimum atomic E-state index is -0.846. The van der Waals surface area contributed by atoms with Crippen molar-refractivity contribution < 1.29 is 18.3 Å². The van der Waals surface area contributed by atoms with Crippen LogP contribution in [0.2, 0.25) is 0 Å². The van der Waals surface area contributed by atoms with Crippen molar-refractivity contribution >= 4 is 23.0 Å². The standard InChI is InChI=1S/C23H20F2N4O3/c1-23(2,22(31)32-3)13-7-9-14(10-8-13)27-19-18-21(30)26-11-12-29(18)20(28-19)17-15(24)5-4-6-16(17)25/h4-12,27H,1-3H3,(H,26,30). The van der Waals surface area contributed by atoms with Gasteiger partial charge in [-0.3, -0.25) is 14.0 Å². The molecule has 2 N–H and O–H groups in total. The van der Waals surface area contributed by atoms with Gasteiger partial charge in [0.25, 0.3) is 5.56 Å². The number of nitrogens with one attached hydrogen (secondary N) is 2. The second kappa shape index (κ2) is 7.92. The van der Waals surface area contributed by atoms with Crippen LogP contribution in [0.4, 0.5) is 20.3 Å². The number of aromatic amines is 1. The number of hydrogen-bond donors (Lipinski definition) is 2. The Hall–Kier alpha value is -4.01. The highest BCUT2D eigenvalue weighted by molar-refractivity contribution is 5.83. The first-order chi connectivity index (χ1) is 15.2. The van der Waals surface area contributed by atoms with E-state index in [0.29, 0.717) is 5.69 Å². The second-order valence-electron chi connectivity index (χ2n) is 7.71. The van der Waals surface area contributed by atoms with E-state index in [2.05, 4.69) is 15.3 Å². The molecule has 2 aromatic heterocycles. The van der Waals surface area contributed by atoms with E-state index in [4.69, 9.17) is 4.74 Å². The molecule has 0 atom stereocenters. The number of fused-ring (bicyclic) bond motifs is 1. The fourth-order valence-electron chi connectivity index (χ4n) is 3.51. The Bertz CT molecular complexity index is 1350. The van der Waals surface area contributed by atoms with Crippen LogP contribution in [-0.2, 0) is 14.9 Å². The average Bonchev–Trinajstić information content (AvgIpc) is 3.12. The van der Waals surface area contributed by atoms with Gasteiger partial charge in [0, 0.05) is 18.1 Å². The third-order valence-corrected chi connectivity index (χ3v) is 5.32. The topological polar surface area (TPSA) is 88.5 Å². The Balaban J connectivity index is 1.78. The third-order valence-electron chi connectivity index (χ3n) is 5.32. The molecule has 0 unspecified atom stereocenters. The summed E-state index contributed by atoms with van der Waals surface area (Å²) in [5.41, 5.74) is -0.259. The lowest BCUT2D eigenvalue weighted by molar-refractivity contribution is -0.146. The first-order valence-corrected chi connectivity index (χ1v) is 9.74. The predicted octanol–water partition coefficient (Wildman–Crippen LogP) is 4.16. The number of ether oxygens (including phenoxy) is 1. The number of nitrogens with zero attached hydrogens (tertiary/aromatic N) is 2. The highest BCUT2D eigenvalue weighted by Gasteiger charge is 2.30. The number of benzene rings is 2. The van der Waals surface area contributed by atoms with Crippen LogP contribution < -0.4 is 10.9 Å². The van der Waals surface area contributed by atoms with Crippen LogP contribution in [-0.4, -0.2) is 27.4 Å². The minimum absolute atomic E-state index is 0.0485. The average molecular weight is 438 g/mol. The molecule has 0 aliphatic rings. The van der Waals surface area contributed by atoms with E-state index in [-0.39, 0.29) is 28.7 Å². The molecule has 0 spiro atoms. The minimum Gasteiger partial charge on any atom is -0.468 e. The molecule has 0 bridgehead atoms. The smallest absolute Gasteiger partial charge is 0.315 e. The van der Waals surface area contributed by atoms with Crippen LogP contribution in [0.3, 0.4) is 0 Å². The van der Waals surface area contributed by atoms with Gasteiger partial charge in [0.2, 0.25) is 0 Å². The van der Waals surface area contributed by atoms with Crippen molar-refractivity contribution in [2.24, 2.45) is 0 Å². The summed E-state index contributed by atoms with van der Waals surface area (Å²) < 4.78 is 35.0. The fraction of sp³-hybridized carbons (Fsp3) is 0.174. The molecule has 0 radical (unpaired) electrons. The van der Waals surface area contributed by atoms with E-state index in [1.54, 1.807) is 38.1 Å². The molecule has 164 valence electrons. The zero-order valence-electron chi connectivity index (χ0n) is 17.6. The highest BCUT2D eigenvalue weighted by atomic mass is 19.1. The number of esters is 1. The molecule has 2 heterocycles. The maximum atomic E-state index is 14.4. The molecular formula is C23H20F2N4O3. The Morgan fingerprint density at radius 3 is 2.41 bits per heavy atom. The molecule has 2 aromatic carbocycles. The molecule has 0 amide bonds. The van der Waals surface area contributed by atoms with E-state index >= 15 is 0 Å². The summed E-state index contributed by atoms with van der Waals surface area (Å²) in [7, 11) is 1.33. The van der Waals surface area contributed by atoms with E-state index in [1.165, 1.54) is 30.0 Å². The van der Waals surface area contributed by atoms with E-state index in [0.717, 1.165) is 17.7 Å². The van der Waals surface area contributed by atoms with Crippen molar-refractivity contribution in [2.75, 3.05) is 12.4 Å². The Morgan fingerprint density at radius 1 is 1.12 bits per heavy atom. The van der Waals surface area contributed by atoms with Crippen molar-refractivity contribution in [1.29, 1.82) is 0 Å². The fourth-order valence-corrected chi connectivity index (χ4v) is 3.51. The maximum absolute atomic E-state index is 14.4. The number of halogens is 2. The molecule has 9 heteroatoms. The van der Waals surface area contributed by atoms with Gasteiger partial charge in [-0.1, -0.05) is 18.2 Å². The molecular weight excluding hydrogens is 418 g/mol. The number of methoxy groups -OCH3 is 1. The van der Waals surface area contributed by atoms with Gasteiger partial charge in [-0.2, -0.15) is 0 Å². The van der Waals surface area contributed by atoms with Crippen molar-refractivity contribution in [3.05, 3.63) is 82.4 Å². The number of carbonyl (C=O) groups excluding carboxylic acids is 1. The summed E-state index contributed by atoms with van der Waals surface area (Å²) in [4.78, 5) is 31.4. The number of carbonyl (C=O) groups is 1. The van der Waals surface area contributed by atoms with Crippen LogP contribution in [0.15, 0.2) is 59.7 Å². The Kier molecular flexibility index (Phi) is 5.25. The van der Waals surface area contributed by atoms with Crippen LogP contribution in [0.5, 0.6) is 0 Å². The molecule has 4 aromatic rings. The highest BCUT2D eigenvalue weighted by Crippen LogP contribution is 2.31. The maximum Gasteiger partial charge on any atom is 0.315 e. The zero-order chi connectivity index (χ0) is 23.0. The second-order valence-corrected chi connectivity index (χ2v) is 7.71. The molecule has 0 aliphatic heterocycles. The number of rotatable bonds is 5. The SMILES string of the molecule is COC(=O)C(C)(C)c1ccc(Nc2nc(-c3c(F)cccc3F)n3cc[nH]c(=O)c23)cc1. The number of H-pyrrole nitrogens is 1. The lowest BCUT2D eigenvalue weighted by Gasteiger charge is -2.22. The van der Waals surface area contributed by atoms with Gasteiger partial charge in [-0.05, 0) is 43.7 Å². The van der Waals surface area contributed by atoms with Crippen molar-refractivity contribution in [1.82, 2.24) is 14.4 Å². The van der Waals surface area contributed by atoms with Gasteiger partial charge in [0.05, 0.1) is 18.1 Å². The van der Waals surface area contributed by atoms with E-state index in [9.17, 15) is 18.4 Å². The Morgan fingerprint density at radius 2 is 1.78 bits per heavy atom. The monoisotopic (exact) mass is 438 g/mol. The molecule has 0 saturated carbocycles. The van der Waals surface area contributed by atoms with Gasteiger partial charge in [-0.25, -0.2) is 13.8 Å². The van der Waals surface area contributed by atoms with Crippen molar-refractivity contribution in [3.8, 4) is 11.4 Å². The van der Waals surface area contributed by atoms with E-state index < -0.39 is 22.6 Å². The largest absolute Gasteiger partial charge is 0.468 e. The summed E-state index contributed by atoms with van der Waals surface area (Å²) in [6, 6.07) is 10.4. The Labute approximate surface area is 181 Å². The molecule has 0 fully saturated rings. The van der Waals surface area contributed by atoms with Gasteiger partial charge < -0.3 is 15.0 Å². The first kappa shape index (κ1) is 21.2. The third kappa shape index (κ3) is 3.51. The molecule has 32 heavy (non-hydrogen) atoms. The number of hydrogen-bond acceptors (Lipinski definition) is 5. The number of imidazole rings is 1. The molecule has 4 rings (SSSR count). The normalized spacial score (nSPS) is 11.5. The summed E-state index contributed by atoms with van der Waals surface area (Å²) in [5, 5.41) is 3.03. The summed E-state index contributed by atoms with van der Waals surface area (Å²) >= 11 is 0. The van der Waals surface area contributed by atoms with E-state index in [1.807, 2.05) is 0 Å². The molecule has 0 saturated heterocycles. The van der Waals surface area contributed by atoms with Crippen LogP contribution >= 0.6 is 0 Å². The molecule has 0 aliphatic carbocycles. The number of aromatic nitrogens is 3. The number of anilines is 2. The van der Waals surface area contributed by atoms with Gasteiger partial charge in [0.1, 0.15) is 11.6 Å². The predicted molar refractivity (Wildman–Crippen MR) is 116 cm³/mol. The molecule has 7 nitrogen and oxygen atoms in total. The van der Waals surface area contributed by atoms with Gasteiger partial charge >= 0.3 is 5.97 Å². The van der Waals surface area contributed by atoms with Crippen LogP contribution in [0.25, 0.3) is 16.9 Å². The van der Waals surface area contributed by atoms with Crippen LogP contribution in [0.1, 0.15) is 19.4 Å². The van der Waals surface area contributed by atoms with Gasteiger partial charge in [-0.15, -0.1) is 0 Å². The van der Waals surface area contributed by atoms with Crippen molar-refractivity contribution in [2.45, 2.75) is 19.3 Å². The van der Waals surface area contributed by atoms with Crippen LogP contribution in [0, 0.1) is 11.6 Å². The lowest BCUT2D eigenvalue weighted by atomic mass is 9.85. The summed E-state index contributed by atoms with van der Waals surface area (Å²) in [6.07, 6.45) is 2.84. The summed E-state index contributed by atoms with van der Waals surface area (Å²) in [6.45, 7) is 3.50.